The zero-order valence-electron chi connectivity index (χ0n) is 9.71. The number of hydrogen-bond donors (Lipinski definition) is 1. The number of benzene rings is 1. The predicted molar refractivity (Wildman–Crippen MR) is 68.5 cm³/mol. The molecule has 100 valence electrons. The van der Waals surface area contributed by atoms with E-state index in [1.54, 1.807) is 18.2 Å². The average molecular weight is 287 g/mol. The number of halogens is 4. The van der Waals surface area contributed by atoms with Crippen LogP contribution in [0.25, 0.3) is 0 Å². The Morgan fingerprint density at radius 2 is 1.89 bits per heavy atom. The molecule has 0 saturated heterocycles. The maximum Gasteiger partial charge on any atom is 0.416 e. The minimum atomic E-state index is -4.38. The van der Waals surface area contributed by atoms with Crippen LogP contribution in [0.5, 0.6) is 0 Å². The molecule has 2 nitrogen and oxygen atoms in total. The van der Waals surface area contributed by atoms with Crippen molar-refractivity contribution in [3.63, 3.8) is 0 Å². The lowest BCUT2D eigenvalue weighted by atomic mass is 10.2. The van der Waals surface area contributed by atoms with E-state index in [4.69, 9.17) is 11.6 Å². The number of anilines is 2. The van der Waals surface area contributed by atoms with Crippen molar-refractivity contribution in [2.24, 2.45) is 0 Å². The van der Waals surface area contributed by atoms with E-state index in [-0.39, 0.29) is 11.7 Å². The van der Waals surface area contributed by atoms with Crippen LogP contribution in [-0.4, -0.2) is 4.98 Å². The molecule has 1 N–H and O–H groups in total. The van der Waals surface area contributed by atoms with Crippen molar-refractivity contribution in [3.05, 3.63) is 53.7 Å². The van der Waals surface area contributed by atoms with Crippen molar-refractivity contribution in [2.45, 2.75) is 12.1 Å². The van der Waals surface area contributed by atoms with Crippen LogP contribution in [0.1, 0.15) is 11.1 Å². The van der Waals surface area contributed by atoms with Gasteiger partial charge in [-0.15, -0.1) is 11.6 Å². The van der Waals surface area contributed by atoms with Gasteiger partial charge in [0.2, 0.25) is 0 Å². The maximum absolute atomic E-state index is 12.6. The molecule has 0 unspecified atom stereocenters. The van der Waals surface area contributed by atoms with E-state index in [1.807, 2.05) is 6.07 Å². The Labute approximate surface area is 113 Å². The fourth-order valence-electron chi connectivity index (χ4n) is 1.57. The minimum absolute atomic E-state index is 0.132. The van der Waals surface area contributed by atoms with Crippen LogP contribution in [0.15, 0.2) is 42.6 Å². The second kappa shape index (κ2) is 5.48. The largest absolute Gasteiger partial charge is 0.416 e. The van der Waals surface area contributed by atoms with Gasteiger partial charge in [-0.05, 0) is 23.8 Å². The van der Waals surface area contributed by atoms with Crippen LogP contribution < -0.4 is 5.32 Å². The highest BCUT2D eigenvalue weighted by Crippen LogP contribution is 2.31. The van der Waals surface area contributed by atoms with Gasteiger partial charge in [-0.25, -0.2) is 4.98 Å². The van der Waals surface area contributed by atoms with Gasteiger partial charge in [-0.3, -0.25) is 0 Å². The molecule has 0 atom stereocenters. The summed E-state index contributed by atoms with van der Waals surface area (Å²) in [7, 11) is 0. The lowest BCUT2D eigenvalue weighted by Crippen LogP contribution is -2.06. The van der Waals surface area contributed by atoms with Gasteiger partial charge in [0.15, 0.2) is 0 Å². The van der Waals surface area contributed by atoms with E-state index < -0.39 is 11.7 Å². The van der Waals surface area contributed by atoms with Gasteiger partial charge >= 0.3 is 6.18 Å². The first-order valence-electron chi connectivity index (χ1n) is 5.45. The molecule has 0 radical (unpaired) electrons. The normalized spacial score (nSPS) is 11.4. The number of hydrogen-bond acceptors (Lipinski definition) is 2. The summed E-state index contributed by atoms with van der Waals surface area (Å²) in [6.45, 7) is 0. The monoisotopic (exact) mass is 286 g/mol. The summed E-state index contributed by atoms with van der Waals surface area (Å²) in [5.74, 6) is 0.398. The Bertz CT molecular complexity index is 570. The van der Waals surface area contributed by atoms with Crippen LogP contribution in [-0.2, 0) is 12.1 Å². The zero-order chi connectivity index (χ0) is 13.9. The lowest BCUT2D eigenvalue weighted by molar-refractivity contribution is -0.137. The number of nitrogens with one attached hydrogen (secondary N) is 1. The van der Waals surface area contributed by atoms with Crippen LogP contribution in [0, 0.1) is 0 Å². The van der Waals surface area contributed by atoms with Crippen molar-refractivity contribution in [1.82, 2.24) is 4.98 Å². The van der Waals surface area contributed by atoms with E-state index in [0.717, 1.165) is 23.9 Å². The number of rotatable bonds is 3. The summed E-state index contributed by atoms with van der Waals surface area (Å²) < 4.78 is 37.7. The second-order valence-corrected chi connectivity index (χ2v) is 4.11. The van der Waals surface area contributed by atoms with Gasteiger partial charge in [0.25, 0.3) is 0 Å². The third-order valence-electron chi connectivity index (χ3n) is 2.51. The lowest BCUT2D eigenvalue weighted by Gasteiger charge is -2.11. The summed E-state index contributed by atoms with van der Waals surface area (Å²) in [5.41, 5.74) is 0.695. The third-order valence-corrected chi connectivity index (χ3v) is 2.80. The van der Waals surface area contributed by atoms with Gasteiger partial charge in [-0.2, -0.15) is 13.2 Å². The number of alkyl halides is 4. The summed E-state index contributed by atoms with van der Waals surface area (Å²) in [6, 6.07) is 9.00. The molecule has 0 fully saturated rings. The van der Waals surface area contributed by atoms with E-state index in [1.165, 1.54) is 0 Å². The van der Waals surface area contributed by atoms with Gasteiger partial charge < -0.3 is 5.32 Å². The predicted octanol–water partition coefficient (Wildman–Crippen LogP) is 4.58. The van der Waals surface area contributed by atoms with E-state index >= 15 is 0 Å². The molecule has 0 saturated carbocycles. The van der Waals surface area contributed by atoms with Crippen molar-refractivity contribution in [1.29, 1.82) is 0 Å². The summed E-state index contributed by atoms with van der Waals surface area (Å²) >= 11 is 5.76. The Morgan fingerprint density at radius 3 is 2.58 bits per heavy atom. The molecular formula is C13H10ClF3N2. The fraction of sp³-hybridized carbons (Fsp3) is 0.154. The molecule has 0 spiro atoms. The molecule has 0 aliphatic rings. The quantitative estimate of drug-likeness (QED) is 0.835. The first-order chi connectivity index (χ1) is 9.00. The number of nitrogens with zero attached hydrogens (tertiary/aromatic N) is 1. The Morgan fingerprint density at radius 1 is 1.16 bits per heavy atom. The first kappa shape index (κ1) is 13.7. The van der Waals surface area contributed by atoms with Crippen molar-refractivity contribution >= 4 is 23.1 Å². The average Bonchev–Trinajstić information content (AvgIpc) is 2.39. The van der Waals surface area contributed by atoms with Gasteiger partial charge in [-0.1, -0.05) is 18.2 Å². The molecule has 0 amide bonds. The van der Waals surface area contributed by atoms with Crippen molar-refractivity contribution in [2.75, 3.05) is 5.32 Å². The summed E-state index contributed by atoms with van der Waals surface area (Å²) in [4.78, 5) is 3.87. The van der Waals surface area contributed by atoms with Crippen LogP contribution >= 0.6 is 11.6 Å². The van der Waals surface area contributed by atoms with Crippen molar-refractivity contribution < 1.29 is 13.2 Å². The molecule has 1 aromatic carbocycles. The summed E-state index contributed by atoms with van der Waals surface area (Å²) in [6.07, 6.45) is -3.26. The molecule has 1 aromatic heterocycles. The van der Waals surface area contributed by atoms with E-state index in [0.29, 0.717) is 5.69 Å². The Kier molecular flexibility index (Phi) is 3.95. The molecular weight excluding hydrogens is 277 g/mol. The van der Waals surface area contributed by atoms with Gasteiger partial charge in [0.05, 0.1) is 5.56 Å². The molecule has 2 rings (SSSR count). The smallest absolute Gasteiger partial charge is 0.340 e. The first-order valence-corrected chi connectivity index (χ1v) is 5.98. The van der Waals surface area contributed by atoms with Gasteiger partial charge in [0.1, 0.15) is 5.82 Å². The minimum Gasteiger partial charge on any atom is -0.340 e. The van der Waals surface area contributed by atoms with Crippen molar-refractivity contribution in [3.8, 4) is 0 Å². The molecule has 1 heterocycles. The highest BCUT2D eigenvalue weighted by atomic mass is 35.5. The molecule has 2 aromatic rings. The highest BCUT2D eigenvalue weighted by Gasteiger charge is 2.30. The fourth-order valence-corrected chi connectivity index (χ4v) is 1.81. The summed E-state index contributed by atoms with van der Waals surface area (Å²) in [5, 5.41) is 2.84. The van der Waals surface area contributed by atoms with Crippen LogP contribution in [0.3, 0.4) is 0 Å². The molecule has 0 aliphatic carbocycles. The van der Waals surface area contributed by atoms with Crippen LogP contribution in [0.2, 0.25) is 0 Å². The standard InChI is InChI=1S/C13H10ClF3N2/c14-8-9-3-1-2-4-11(9)19-12-7-10(5-6-18-12)13(15,16)17/h1-7H,8H2,(H,18,19). The molecule has 0 aliphatic heterocycles. The van der Waals surface area contributed by atoms with Crippen LogP contribution in [0.4, 0.5) is 24.7 Å². The SMILES string of the molecule is FC(F)(F)c1ccnc(Nc2ccccc2CCl)c1. The number of pyridine rings is 1. The second-order valence-electron chi connectivity index (χ2n) is 3.84. The van der Waals surface area contributed by atoms with E-state index in [9.17, 15) is 13.2 Å². The highest BCUT2D eigenvalue weighted by molar-refractivity contribution is 6.17. The number of para-hydroxylation sites is 1. The molecule has 0 bridgehead atoms. The topological polar surface area (TPSA) is 24.9 Å². The zero-order valence-corrected chi connectivity index (χ0v) is 10.5. The van der Waals surface area contributed by atoms with E-state index in [2.05, 4.69) is 10.3 Å². The molecule has 6 heteroatoms. The molecule has 19 heavy (non-hydrogen) atoms. The third kappa shape index (κ3) is 3.38. The number of aromatic nitrogens is 1. The van der Waals surface area contributed by atoms with Gasteiger partial charge in [0, 0.05) is 17.8 Å². The maximum atomic E-state index is 12.6. The Hall–Kier alpha value is -1.75. The Balaban J connectivity index is 2.29.